The van der Waals surface area contributed by atoms with Crippen LogP contribution in [0.4, 0.5) is 0 Å². The fourth-order valence-corrected chi connectivity index (χ4v) is 10.2. The third kappa shape index (κ3) is 7.31. The first kappa shape index (κ1) is 40.7. The number of aliphatic hydroxyl groups is 2. The lowest BCUT2D eigenvalue weighted by Gasteiger charge is -2.51. The van der Waals surface area contributed by atoms with Crippen LogP contribution < -0.4 is 4.74 Å². The summed E-state index contributed by atoms with van der Waals surface area (Å²) in [6.07, 6.45) is 10.6. The van der Waals surface area contributed by atoms with Crippen LogP contribution in [0, 0.1) is 41.9 Å². The van der Waals surface area contributed by atoms with Crippen LogP contribution >= 0.6 is 0 Å². The zero-order valence-corrected chi connectivity index (χ0v) is 33.2. The minimum Gasteiger partial charge on any atom is -0.505 e. The maximum Gasteiger partial charge on any atom is 0.379 e. The highest BCUT2D eigenvalue weighted by atomic mass is 16.7. The molecule has 6 aliphatic rings. The van der Waals surface area contributed by atoms with Gasteiger partial charge in [-0.25, -0.2) is 14.4 Å². The van der Waals surface area contributed by atoms with Gasteiger partial charge in [0.25, 0.3) is 5.76 Å². The number of allylic oxidation sites excluding steroid dienone is 2. The summed E-state index contributed by atoms with van der Waals surface area (Å²) in [4.78, 5) is 53.5. The van der Waals surface area contributed by atoms with E-state index in [1.807, 2.05) is 13.0 Å². The summed E-state index contributed by atoms with van der Waals surface area (Å²) in [6, 6.07) is 5.24. The van der Waals surface area contributed by atoms with Crippen LogP contribution in [0.5, 0.6) is 5.75 Å². The number of carboxylic acids is 1. The fraction of sp³-hybridized carbons (Fsp3) is 0.591. The van der Waals surface area contributed by atoms with Crippen LogP contribution in [-0.2, 0) is 38.1 Å². The largest absolute Gasteiger partial charge is 0.505 e. The quantitative estimate of drug-likeness (QED) is 0.163. The number of carbonyl (C=O) groups excluding carboxylic acids is 3. The summed E-state index contributed by atoms with van der Waals surface area (Å²) in [5, 5.41) is 32.8. The highest BCUT2D eigenvalue weighted by molar-refractivity contribution is 5.95. The fourth-order valence-electron chi connectivity index (χ4n) is 10.2. The third-order valence-electron chi connectivity index (χ3n) is 13.3. The molecule has 13 nitrogen and oxygen atoms in total. The summed E-state index contributed by atoms with van der Waals surface area (Å²) in [5.74, 6) is -6.05. The Labute approximate surface area is 332 Å². The van der Waals surface area contributed by atoms with Crippen LogP contribution in [0.3, 0.4) is 0 Å². The number of hydrogen-bond acceptors (Lipinski definition) is 12. The number of esters is 3. The maximum atomic E-state index is 14.6. The van der Waals surface area contributed by atoms with Crippen LogP contribution in [0.15, 0.2) is 65.7 Å². The predicted octanol–water partition coefficient (Wildman–Crippen LogP) is 6.42. The van der Waals surface area contributed by atoms with Gasteiger partial charge < -0.3 is 43.7 Å². The van der Waals surface area contributed by atoms with E-state index < -0.39 is 82.8 Å². The van der Waals surface area contributed by atoms with Gasteiger partial charge in [-0.3, -0.25) is 4.79 Å². The van der Waals surface area contributed by atoms with E-state index in [1.54, 1.807) is 45.0 Å². The number of fused-ring (bicyclic) bond motifs is 3. The Bertz CT molecular complexity index is 1880. The molecule has 1 aromatic carbocycles. The third-order valence-corrected chi connectivity index (χ3v) is 13.3. The number of aryl methyl sites for hydroxylation is 1. The molecule has 0 amide bonds. The van der Waals surface area contributed by atoms with Crippen molar-refractivity contribution in [2.45, 2.75) is 122 Å². The molecule has 7 rings (SSSR count). The number of ether oxygens (including phenoxy) is 6. The van der Waals surface area contributed by atoms with Crippen LogP contribution in [0.2, 0.25) is 0 Å². The Hall–Kier alpha value is -4.46. The minimum atomic E-state index is -1.60. The molecule has 1 saturated heterocycles. The highest BCUT2D eigenvalue weighted by Gasteiger charge is 2.60. The molecule has 2 bridgehead atoms. The van der Waals surface area contributed by atoms with Gasteiger partial charge in [0.1, 0.15) is 11.3 Å². The number of carbonyl (C=O) groups is 4. The second kappa shape index (κ2) is 16.1. The van der Waals surface area contributed by atoms with E-state index in [0.29, 0.717) is 37.0 Å². The molecule has 13 heteroatoms. The Kier molecular flexibility index (Phi) is 11.5. The highest BCUT2D eigenvalue weighted by Crippen LogP contribution is 2.55. The van der Waals surface area contributed by atoms with Gasteiger partial charge in [-0.1, -0.05) is 62.3 Å². The van der Waals surface area contributed by atoms with Gasteiger partial charge in [0.05, 0.1) is 30.8 Å². The molecule has 3 aliphatic heterocycles. The molecule has 0 radical (unpaired) electrons. The molecular formula is C44H54O13. The van der Waals surface area contributed by atoms with Crippen molar-refractivity contribution in [2.75, 3.05) is 7.11 Å². The van der Waals surface area contributed by atoms with Gasteiger partial charge >= 0.3 is 23.9 Å². The zero-order valence-electron chi connectivity index (χ0n) is 33.2. The molecule has 1 aromatic rings. The van der Waals surface area contributed by atoms with Crippen LogP contribution in [0.1, 0.15) is 94.5 Å². The first-order valence-electron chi connectivity index (χ1n) is 20.2. The number of methoxy groups -OCH3 is 1. The van der Waals surface area contributed by atoms with E-state index >= 15 is 0 Å². The lowest BCUT2D eigenvalue weighted by molar-refractivity contribution is -0.269. The number of hydrogen-bond donors (Lipinski definition) is 3. The van der Waals surface area contributed by atoms with Crippen LogP contribution in [-0.4, -0.2) is 82.6 Å². The Morgan fingerprint density at radius 3 is 2.54 bits per heavy atom. The van der Waals surface area contributed by atoms with Gasteiger partial charge in [-0.2, -0.15) is 0 Å². The Balaban J connectivity index is 1.11. The molecule has 3 N–H and O–H groups in total. The smallest absolute Gasteiger partial charge is 0.379 e. The van der Waals surface area contributed by atoms with Gasteiger partial charge in [-0.05, 0) is 82.3 Å². The molecule has 2 fully saturated rings. The van der Waals surface area contributed by atoms with E-state index in [0.717, 1.165) is 19.3 Å². The van der Waals surface area contributed by atoms with Gasteiger partial charge in [0.15, 0.2) is 23.8 Å². The second-order valence-electron chi connectivity index (χ2n) is 16.8. The first-order valence-corrected chi connectivity index (χ1v) is 20.2. The molecule has 57 heavy (non-hydrogen) atoms. The summed E-state index contributed by atoms with van der Waals surface area (Å²) in [5.41, 5.74) is -1.59. The predicted molar refractivity (Wildman–Crippen MR) is 204 cm³/mol. The van der Waals surface area contributed by atoms with E-state index in [2.05, 4.69) is 12.2 Å². The van der Waals surface area contributed by atoms with Crippen molar-refractivity contribution in [3.05, 3.63) is 76.8 Å². The summed E-state index contributed by atoms with van der Waals surface area (Å²) in [6.45, 7) is 7.08. The lowest BCUT2D eigenvalue weighted by Crippen LogP contribution is -2.54. The Morgan fingerprint density at radius 1 is 1.02 bits per heavy atom. The van der Waals surface area contributed by atoms with Crippen molar-refractivity contribution in [1.29, 1.82) is 0 Å². The van der Waals surface area contributed by atoms with E-state index in [9.17, 15) is 34.5 Å². The normalized spacial score (nSPS) is 38.0. The number of aliphatic carboxylic acids is 1. The van der Waals surface area contributed by atoms with E-state index in [-0.39, 0.29) is 47.8 Å². The van der Waals surface area contributed by atoms with Crippen molar-refractivity contribution < 1.29 is 62.9 Å². The molecule has 12 atom stereocenters. The van der Waals surface area contributed by atoms with Crippen molar-refractivity contribution in [3.63, 3.8) is 0 Å². The summed E-state index contributed by atoms with van der Waals surface area (Å²) < 4.78 is 35.9. The number of benzene rings is 1. The van der Waals surface area contributed by atoms with Crippen molar-refractivity contribution in [1.82, 2.24) is 0 Å². The molecule has 12 unspecified atom stereocenters. The SMILES string of the molecule is COc1cccc(C)c1C(=O)OC1C(O)CC(OC2CCCC3C2C=CC2CCCCC=CC4C=C(C(=O)O)C(C)CC45OC(=O)C(=C5O)OC(=O)C23C)OC1C. The van der Waals surface area contributed by atoms with Gasteiger partial charge in [0, 0.05) is 30.3 Å². The van der Waals surface area contributed by atoms with Gasteiger partial charge in [0.2, 0.25) is 0 Å². The average molecular weight is 791 g/mol. The minimum absolute atomic E-state index is 0.00624. The molecule has 3 heterocycles. The molecular weight excluding hydrogens is 736 g/mol. The zero-order chi connectivity index (χ0) is 40.8. The first-order chi connectivity index (χ1) is 27.2. The molecule has 0 aromatic heterocycles. The second-order valence-corrected chi connectivity index (χ2v) is 16.8. The number of carboxylic acid groups (broad SMARTS) is 1. The summed E-state index contributed by atoms with van der Waals surface area (Å²) in [7, 11) is 1.48. The number of rotatable bonds is 6. The Morgan fingerprint density at radius 2 is 1.81 bits per heavy atom. The van der Waals surface area contributed by atoms with Crippen molar-refractivity contribution >= 4 is 23.9 Å². The van der Waals surface area contributed by atoms with E-state index in [1.165, 1.54) is 13.2 Å². The molecule has 1 spiro atoms. The van der Waals surface area contributed by atoms with Crippen molar-refractivity contribution in [3.8, 4) is 5.75 Å². The lowest BCUT2D eigenvalue weighted by atomic mass is 9.55. The van der Waals surface area contributed by atoms with Crippen molar-refractivity contribution in [2.24, 2.45) is 35.0 Å². The monoisotopic (exact) mass is 790 g/mol. The molecule has 308 valence electrons. The molecule has 3 aliphatic carbocycles. The van der Waals surface area contributed by atoms with Crippen LogP contribution in [0.25, 0.3) is 0 Å². The standard InChI is InChI=1S/C44H54O13/c1-23-12-10-17-33(52-5)35(23)40(49)55-36-25(3)53-34(21-31(36)45)54-32-16-11-15-30-28(32)19-18-26-13-8-6-7-9-14-27-20-29(39(47)48)24(2)22-44(27)38(46)37(41(50)57-44)56-42(51)43(26,30)4/h9-10,12,14,17-20,24-28,30-32,34,36,45-46H,6-8,11,13,15-16,21-22H2,1-5H3,(H,47,48). The van der Waals surface area contributed by atoms with Gasteiger partial charge in [-0.15, -0.1) is 0 Å². The topological polar surface area (TPSA) is 184 Å². The average Bonchev–Trinajstić information content (AvgIpc) is 3.39. The number of aliphatic hydroxyl groups excluding tert-OH is 2. The molecule has 1 saturated carbocycles. The maximum absolute atomic E-state index is 14.6. The summed E-state index contributed by atoms with van der Waals surface area (Å²) >= 11 is 0. The van der Waals surface area contributed by atoms with E-state index in [4.69, 9.17) is 28.4 Å².